The van der Waals surface area contributed by atoms with Gasteiger partial charge in [0.1, 0.15) is 18.8 Å². The summed E-state index contributed by atoms with van der Waals surface area (Å²) in [7, 11) is 0. The molecule has 0 spiro atoms. The first-order valence-electron chi connectivity index (χ1n) is 10.8. The van der Waals surface area contributed by atoms with Crippen LogP contribution in [-0.2, 0) is 47.7 Å². The van der Waals surface area contributed by atoms with Gasteiger partial charge in [-0.25, -0.2) is 9.59 Å². The standard InChI is InChI=1S/C21H24F3NO10/c22-21(23,24)19-14-2-1-13(34-14)18(19)20(29)33-12-11-32-10-9-31-8-7-30-6-5-17(28)35-25-15(26)3-4-16(25)27/h1-2,13-14H,3-12H2. The number of hydroxylamine groups is 2. The van der Waals surface area contributed by atoms with Crippen molar-refractivity contribution in [3.05, 3.63) is 23.3 Å². The minimum atomic E-state index is -4.69. The maximum atomic E-state index is 13.2. The normalized spacial score (nSPS) is 21.4. The Morgan fingerprint density at radius 2 is 1.43 bits per heavy atom. The third-order valence-corrected chi connectivity index (χ3v) is 4.99. The molecule has 3 rings (SSSR count). The number of carbonyl (C=O) groups is 4. The first-order valence-corrected chi connectivity index (χ1v) is 10.8. The minimum absolute atomic E-state index is 0.00913. The molecular formula is C21H24F3NO10. The lowest BCUT2D eigenvalue weighted by Gasteiger charge is -2.15. The number of alkyl halides is 3. The predicted octanol–water partition coefficient (Wildman–Crippen LogP) is 0.773. The highest BCUT2D eigenvalue weighted by molar-refractivity contribution is 6.01. The number of fused-ring (bicyclic) bond motifs is 2. The molecule has 1 saturated heterocycles. The Kier molecular flexibility index (Phi) is 9.37. The van der Waals surface area contributed by atoms with Crippen LogP contribution in [-0.4, -0.2) is 93.4 Å². The van der Waals surface area contributed by atoms with E-state index in [1.807, 2.05) is 0 Å². The molecule has 14 heteroatoms. The molecular weight excluding hydrogens is 483 g/mol. The zero-order valence-electron chi connectivity index (χ0n) is 18.5. The molecule has 0 aliphatic carbocycles. The maximum absolute atomic E-state index is 13.2. The van der Waals surface area contributed by atoms with E-state index >= 15 is 0 Å². The largest absolute Gasteiger partial charge is 0.460 e. The van der Waals surface area contributed by atoms with Gasteiger partial charge in [-0.2, -0.15) is 13.2 Å². The molecule has 2 bridgehead atoms. The summed E-state index contributed by atoms with van der Waals surface area (Å²) in [4.78, 5) is 51.0. The molecule has 0 N–H and O–H groups in total. The number of esters is 1. The van der Waals surface area contributed by atoms with Crippen molar-refractivity contribution in [3.8, 4) is 0 Å². The van der Waals surface area contributed by atoms with E-state index in [-0.39, 0.29) is 65.5 Å². The second-order valence-corrected chi connectivity index (χ2v) is 7.46. The number of rotatable bonds is 14. The van der Waals surface area contributed by atoms with Crippen molar-refractivity contribution in [2.45, 2.75) is 37.6 Å². The zero-order valence-corrected chi connectivity index (χ0v) is 18.5. The summed E-state index contributed by atoms with van der Waals surface area (Å²) in [5.74, 6) is -2.97. The second-order valence-electron chi connectivity index (χ2n) is 7.46. The summed E-state index contributed by atoms with van der Waals surface area (Å²) >= 11 is 0. The predicted molar refractivity (Wildman–Crippen MR) is 106 cm³/mol. The SMILES string of the molecule is O=C(CCOCCOCCOCCOC(=O)C1=C(C(F)(F)F)C2C=CC1O2)ON1C(=O)CCC1=O. The molecule has 0 aromatic rings. The van der Waals surface area contributed by atoms with Crippen LogP contribution in [0.5, 0.6) is 0 Å². The number of carbonyl (C=O) groups excluding carboxylic acids is 4. The lowest BCUT2D eigenvalue weighted by atomic mass is 9.96. The number of hydrogen-bond acceptors (Lipinski definition) is 10. The Morgan fingerprint density at radius 1 is 0.886 bits per heavy atom. The maximum Gasteiger partial charge on any atom is 0.416 e. The van der Waals surface area contributed by atoms with Gasteiger partial charge in [0, 0.05) is 12.8 Å². The molecule has 11 nitrogen and oxygen atoms in total. The van der Waals surface area contributed by atoms with Crippen LogP contribution in [0.4, 0.5) is 13.2 Å². The molecule has 2 atom stereocenters. The van der Waals surface area contributed by atoms with Crippen molar-refractivity contribution in [1.82, 2.24) is 5.06 Å². The summed E-state index contributed by atoms with van der Waals surface area (Å²) in [6.07, 6.45) is -4.48. The second kappa shape index (κ2) is 12.2. The highest BCUT2D eigenvalue weighted by Gasteiger charge is 2.52. The zero-order chi connectivity index (χ0) is 25.4. The van der Waals surface area contributed by atoms with E-state index in [2.05, 4.69) is 4.84 Å². The van der Waals surface area contributed by atoms with Gasteiger partial charge in [-0.1, -0.05) is 12.2 Å². The Balaban J connectivity index is 1.16. The van der Waals surface area contributed by atoms with E-state index in [0.717, 1.165) is 0 Å². The summed E-state index contributed by atoms with van der Waals surface area (Å²) in [5, 5.41) is 0.466. The molecule has 3 aliphatic heterocycles. The lowest BCUT2D eigenvalue weighted by molar-refractivity contribution is -0.198. The van der Waals surface area contributed by atoms with E-state index in [0.29, 0.717) is 5.06 Å². The molecule has 3 heterocycles. The van der Waals surface area contributed by atoms with E-state index in [9.17, 15) is 32.3 Å². The molecule has 2 unspecified atom stereocenters. The van der Waals surface area contributed by atoms with Crippen molar-refractivity contribution in [1.29, 1.82) is 0 Å². The molecule has 35 heavy (non-hydrogen) atoms. The molecule has 194 valence electrons. The Bertz CT molecular complexity index is 869. The van der Waals surface area contributed by atoms with Gasteiger partial charge >= 0.3 is 18.1 Å². The fourth-order valence-electron chi connectivity index (χ4n) is 3.40. The van der Waals surface area contributed by atoms with Gasteiger partial charge in [0.2, 0.25) is 0 Å². The summed E-state index contributed by atoms with van der Waals surface area (Å²) in [6, 6.07) is 0. The molecule has 0 saturated carbocycles. The average Bonchev–Trinajstić information content (AvgIpc) is 3.50. The number of amides is 2. The first-order chi connectivity index (χ1) is 16.7. The van der Waals surface area contributed by atoms with Crippen LogP contribution < -0.4 is 0 Å². The van der Waals surface area contributed by atoms with Crippen molar-refractivity contribution >= 4 is 23.8 Å². The van der Waals surface area contributed by atoms with Crippen LogP contribution in [0, 0.1) is 0 Å². The highest BCUT2D eigenvalue weighted by Crippen LogP contribution is 2.43. The third kappa shape index (κ3) is 7.34. The minimum Gasteiger partial charge on any atom is -0.460 e. The Morgan fingerprint density at radius 3 is 2.03 bits per heavy atom. The molecule has 0 aromatic carbocycles. The fourth-order valence-corrected chi connectivity index (χ4v) is 3.40. The quantitative estimate of drug-likeness (QED) is 0.144. The molecule has 2 amide bonds. The van der Waals surface area contributed by atoms with Crippen molar-refractivity contribution in [3.63, 3.8) is 0 Å². The summed E-state index contributed by atoms with van der Waals surface area (Å²) in [5.41, 5.74) is -1.56. The van der Waals surface area contributed by atoms with Gasteiger partial charge in [-0.15, -0.1) is 5.06 Å². The van der Waals surface area contributed by atoms with Crippen molar-refractivity contribution in [2.24, 2.45) is 0 Å². The Labute approximate surface area is 197 Å². The van der Waals surface area contributed by atoms with Gasteiger partial charge in [-0.3, -0.25) is 9.59 Å². The number of nitrogens with zero attached hydrogens (tertiary/aromatic N) is 1. The van der Waals surface area contributed by atoms with Gasteiger partial charge in [0.05, 0.1) is 57.2 Å². The molecule has 0 aromatic heterocycles. The monoisotopic (exact) mass is 507 g/mol. The van der Waals surface area contributed by atoms with Crippen molar-refractivity contribution in [2.75, 3.05) is 46.2 Å². The Hall–Kier alpha value is -2.81. The van der Waals surface area contributed by atoms with Crippen LogP contribution >= 0.6 is 0 Å². The van der Waals surface area contributed by atoms with Crippen LogP contribution in [0.1, 0.15) is 19.3 Å². The van der Waals surface area contributed by atoms with Crippen LogP contribution in [0.2, 0.25) is 0 Å². The molecule has 1 fully saturated rings. The molecule has 0 radical (unpaired) electrons. The lowest BCUT2D eigenvalue weighted by Crippen LogP contribution is -2.32. The van der Waals surface area contributed by atoms with Gasteiger partial charge < -0.3 is 28.5 Å². The van der Waals surface area contributed by atoms with Gasteiger partial charge in [0.25, 0.3) is 11.8 Å². The molecule has 3 aliphatic rings. The third-order valence-electron chi connectivity index (χ3n) is 4.99. The van der Waals surface area contributed by atoms with E-state index in [1.165, 1.54) is 12.2 Å². The fraction of sp³-hybridized carbons (Fsp3) is 0.619. The van der Waals surface area contributed by atoms with Gasteiger partial charge in [0.15, 0.2) is 0 Å². The van der Waals surface area contributed by atoms with Gasteiger partial charge in [-0.05, 0) is 0 Å². The smallest absolute Gasteiger partial charge is 0.416 e. The number of halogens is 3. The van der Waals surface area contributed by atoms with Crippen LogP contribution in [0.3, 0.4) is 0 Å². The van der Waals surface area contributed by atoms with Crippen molar-refractivity contribution < 1.29 is 60.9 Å². The number of imide groups is 1. The summed E-state index contributed by atoms with van der Waals surface area (Å²) < 4.78 is 65.0. The van der Waals surface area contributed by atoms with E-state index < -0.39 is 53.3 Å². The van der Waals surface area contributed by atoms with E-state index in [4.69, 9.17) is 23.7 Å². The average molecular weight is 507 g/mol. The van der Waals surface area contributed by atoms with Crippen LogP contribution in [0.15, 0.2) is 23.3 Å². The first kappa shape index (κ1) is 26.8. The topological polar surface area (TPSA) is 127 Å². The highest BCUT2D eigenvalue weighted by atomic mass is 19.4. The number of hydrogen-bond donors (Lipinski definition) is 0. The number of ether oxygens (including phenoxy) is 5. The summed E-state index contributed by atoms with van der Waals surface area (Å²) in [6.45, 7) is 0.439. The van der Waals surface area contributed by atoms with E-state index in [1.54, 1.807) is 0 Å². The van der Waals surface area contributed by atoms with Crippen LogP contribution in [0.25, 0.3) is 0 Å².